The molecule has 29 heavy (non-hydrogen) atoms. The molecule has 0 spiro atoms. The molecule has 1 aliphatic carbocycles. The van der Waals surface area contributed by atoms with Crippen LogP contribution >= 0.6 is 11.8 Å². The van der Waals surface area contributed by atoms with Crippen molar-refractivity contribution in [1.82, 2.24) is 5.32 Å². The molecule has 1 amide bonds. The van der Waals surface area contributed by atoms with E-state index in [1.165, 1.54) is 0 Å². The molecule has 5 nitrogen and oxygen atoms in total. The van der Waals surface area contributed by atoms with Gasteiger partial charge in [-0.25, -0.2) is 9.59 Å². The van der Waals surface area contributed by atoms with Crippen LogP contribution in [0.1, 0.15) is 36.3 Å². The number of carbonyl (C=O) groups is 2. The van der Waals surface area contributed by atoms with Crippen LogP contribution in [0.15, 0.2) is 48.5 Å². The molecular formula is C23H25NO4S. The number of nitrogens with one attached hydrogen (secondary N) is 1. The van der Waals surface area contributed by atoms with E-state index in [9.17, 15) is 14.7 Å². The van der Waals surface area contributed by atoms with E-state index >= 15 is 0 Å². The van der Waals surface area contributed by atoms with Crippen LogP contribution in [-0.2, 0) is 9.53 Å². The minimum Gasteiger partial charge on any atom is -0.480 e. The maximum Gasteiger partial charge on any atom is 0.407 e. The number of aliphatic carboxylic acids is 1. The monoisotopic (exact) mass is 411 g/mol. The van der Waals surface area contributed by atoms with Gasteiger partial charge in [-0.2, -0.15) is 11.8 Å². The molecule has 0 bridgehead atoms. The van der Waals surface area contributed by atoms with Gasteiger partial charge in [0, 0.05) is 5.92 Å². The molecule has 1 unspecified atom stereocenters. The van der Waals surface area contributed by atoms with Crippen molar-refractivity contribution in [1.29, 1.82) is 0 Å². The van der Waals surface area contributed by atoms with E-state index in [-0.39, 0.29) is 12.5 Å². The minimum atomic E-state index is -1.00. The summed E-state index contributed by atoms with van der Waals surface area (Å²) in [6.07, 6.45) is 1.80. The van der Waals surface area contributed by atoms with Crippen LogP contribution in [0.5, 0.6) is 0 Å². The second kappa shape index (κ2) is 8.91. The Morgan fingerprint density at radius 1 is 1.03 bits per heavy atom. The molecule has 4 rings (SSSR count). The molecule has 1 aliphatic heterocycles. The summed E-state index contributed by atoms with van der Waals surface area (Å²) in [4.78, 5) is 24.0. The highest BCUT2D eigenvalue weighted by Gasteiger charge is 2.30. The summed E-state index contributed by atoms with van der Waals surface area (Å²) in [6, 6.07) is 15.4. The predicted octanol–water partition coefficient (Wildman–Crippen LogP) is 4.51. The van der Waals surface area contributed by atoms with E-state index in [1.807, 2.05) is 36.0 Å². The molecule has 2 aromatic rings. The number of rotatable bonds is 6. The average Bonchev–Trinajstić information content (AvgIpc) is 3.06. The average molecular weight is 412 g/mol. The van der Waals surface area contributed by atoms with Crippen LogP contribution in [0.25, 0.3) is 11.1 Å². The van der Waals surface area contributed by atoms with Crippen molar-refractivity contribution in [2.75, 3.05) is 18.1 Å². The molecule has 1 heterocycles. The summed E-state index contributed by atoms with van der Waals surface area (Å²) >= 11 is 1.90. The molecule has 2 N–H and O–H groups in total. The first-order valence-corrected chi connectivity index (χ1v) is 11.2. The third-order valence-electron chi connectivity index (χ3n) is 5.84. The zero-order valence-corrected chi connectivity index (χ0v) is 17.0. The Kier molecular flexibility index (Phi) is 6.09. The smallest absolute Gasteiger partial charge is 0.407 e. The van der Waals surface area contributed by atoms with Gasteiger partial charge >= 0.3 is 12.1 Å². The summed E-state index contributed by atoms with van der Waals surface area (Å²) < 4.78 is 5.49. The molecule has 1 saturated heterocycles. The fourth-order valence-electron chi connectivity index (χ4n) is 4.32. The summed E-state index contributed by atoms with van der Waals surface area (Å²) in [5.41, 5.74) is 4.60. The number of alkyl carbamates (subject to hydrolysis) is 1. The number of hydrogen-bond acceptors (Lipinski definition) is 4. The number of benzene rings is 2. The maximum absolute atomic E-state index is 12.4. The number of carboxylic acids is 1. The summed E-state index contributed by atoms with van der Waals surface area (Å²) in [5.74, 6) is 1.42. The van der Waals surface area contributed by atoms with Gasteiger partial charge in [-0.15, -0.1) is 0 Å². The van der Waals surface area contributed by atoms with Crippen LogP contribution in [0.4, 0.5) is 4.79 Å². The SMILES string of the molecule is O=C(NC(CC1CCSCC1)C(=O)O)OCC1c2ccccc2-c2ccccc21. The lowest BCUT2D eigenvalue weighted by molar-refractivity contribution is -0.139. The quantitative estimate of drug-likeness (QED) is 0.731. The Hall–Kier alpha value is -2.47. The molecule has 0 aromatic heterocycles. The normalized spacial score (nSPS) is 17.2. The first kappa shape index (κ1) is 19.8. The standard InChI is InChI=1S/C23H25NO4S/c25-22(26)21(13-15-9-11-29-12-10-15)24-23(27)28-14-20-18-7-3-1-5-16(18)17-6-2-4-8-19(17)20/h1-8,15,20-21H,9-14H2,(H,24,27)(H,25,26). The summed E-state index contributed by atoms with van der Waals surface area (Å²) in [6.45, 7) is 0.187. The van der Waals surface area contributed by atoms with Crippen molar-refractivity contribution in [3.63, 3.8) is 0 Å². The zero-order valence-electron chi connectivity index (χ0n) is 16.2. The number of thioether (sulfide) groups is 1. The number of fused-ring (bicyclic) bond motifs is 3. The van der Waals surface area contributed by atoms with Gasteiger partial charge in [-0.1, -0.05) is 48.5 Å². The van der Waals surface area contributed by atoms with Crippen LogP contribution in [0, 0.1) is 5.92 Å². The van der Waals surface area contributed by atoms with E-state index in [2.05, 4.69) is 29.6 Å². The van der Waals surface area contributed by atoms with E-state index in [4.69, 9.17) is 4.74 Å². The van der Waals surface area contributed by atoms with Crippen molar-refractivity contribution in [3.05, 3.63) is 59.7 Å². The third kappa shape index (κ3) is 4.42. The molecular weight excluding hydrogens is 386 g/mol. The highest BCUT2D eigenvalue weighted by molar-refractivity contribution is 7.99. The molecule has 152 valence electrons. The van der Waals surface area contributed by atoms with Crippen molar-refractivity contribution in [2.45, 2.75) is 31.2 Å². The molecule has 2 aliphatic rings. The first-order chi connectivity index (χ1) is 14.1. The topological polar surface area (TPSA) is 75.6 Å². The van der Waals surface area contributed by atoms with Gasteiger partial charge in [0.15, 0.2) is 0 Å². The van der Waals surface area contributed by atoms with E-state index < -0.39 is 18.1 Å². The Morgan fingerprint density at radius 2 is 1.62 bits per heavy atom. The number of carbonyl (C=O) groups excluding carboxylic acids is 1. The Bertz CT molecular complexity index is 848. The molecule has 1 atom stereocenters. The first-order valence-electron chi connectivity index (χ1n) is 10.1. The van der Waals surface area contributed by atoms with Gasteiger partial charge in [-0.05, 0) is 58.9 Å². The molecule has 6 heteroatoms. The highest BCUT2D eigenvalue weighted by atomic mass is 32.2. The van der Waals surface area contributed by atoms with Crippen LogP contribution in [0.3, 0.4) is 0 Å². The lowest BCUT2D eigenvalue weighted by Crippen LogP contribution is -2.43. The predicted molar refractivity (Wildman–Crippen MR) is 114 cm³/mol. The largest absolute Gasteiger partial charge is 0.480 e. The second-order valence-electron chi connectivity index (χ2n) is 7.65. The van der Waals surface area contributed by atoms with E-state index in [0.717, 1.165) is 46.6 Å². The Labute approximate surface area is 174 Å². The van der Waals surface area contributed by atoms with E-state index in [1.54, 1.807) is 0 Å². The third-order valence-corrected chi connectivity index (χ3v) is 6.89. The van der Waals surface area contributed by atoms with Gasteiger partial charge in [0.05, 0.1) is 0 Å². The Balaban J connectivity index is 1.39. The van der Waals surface area contributed by atoms with Gasteiger partial charge in [0.25, 0.3) is 0 Å². The van der Waals surface area contributed by atoms with Crippen LogP contribution < -0.4 is 5.32 Å². The lowest BCUT2D eigenvalue weighted by Gasteiger charge is -2.25. The minimum absolute atomic E-state index is 0.0354. The highest BCUT2D eigenvalue weighted by Crippen LogP contribution is 2.44. The molecule has 0 radical (unpaired) electrons. The van der Waals surface area contributed by atoms with Crippen molar-refractivity contribution in [3.8, 4) is 11.1 Å². The second-order valence-corrected chi connectivity index (χ2v) is 8.88. The van der Waals surface area contributed by atoms with Gasteiger partial charge in [-0.3, -0.25) is 0 Å². The number of carboxylic acid groups (broad SMARTS) is 1. The molecule has 1 fully saturated rings. The van der Waals surface area contributed by atoms with Gasteiger partial charge in [0.2, 0.25) is 0 Å². The lowest BCUT2D eigenvalue weighted by atomic mass is 9.94. The molecule has 2 aromatic carbocycles. The Morgan fingerprint density at radius 3 is 2.21 bits per heavy atom. The number of amides is 1. The summed E-state index contributed by atoms with van der Waals surface area (Å²) in [5, 5.41) is 12.1. The van der Waals surface area contributed by atoms with Crippen LogP contribution in [-0.4, -0.2) is 41.3 Å². The van der Waals surface area contributed by atoms with Gasteiger partial charge in [0.1, 0.15) is 12.6 Å². The van der Waals surface area contributed by atoms with Crippen molar-refractivity contribution >= 4 is 23.8 Å². The van der Waals surface area contributed by atoms with Crippen molar-refractivity contribution < 1.29 is 19.4 Å². The van der Waals surface area contributed by atoms with Crippen molar-refractivity contribution in [2.24, 2.45) is 5.92 Å². The fraction of sp³-hybridized carbons (Fsp3) is 0.391. The summed E-state index contributed by atoms with van der Waals surface area (Å²) in [7, 11) is 0. The maximum atomic E-state index is 12.4. The molecule has 0 saturated carbocycles. The van der Waals surface area contributed by atoms with Crippen LogP contribution in [0.2, 0.25) is 0 Å². The van der Waals surface area contributed by atoms with Gasteiger partial charge < -0.3 is 15.2 Å². The van der Waals surface area contributed by atoms with E-state index in [0.29, 0.717) is 12.3 Å². The number of hydrogen-bond donors (Lipinski definition) is 2. The zero-order chi connectivity index (χ0) is 20.2. The number of ether oxygens (including phenoxy) is 1. The fourth-order valence-corrected chi connectivity index (χ4v) is 5.52.